The fraction of sp³-hybridized carbons (Fsp3) is 0.235. The first-order valence-corrected chi connectivity index (χ1v) is 7.93. The lowest BCUT2D eigenvalue weighted by molar-refractivity contribution is 0.102. The Bertz CT molecular complexity index is 925. The van der Waals surface area contributed by atoms with Crippen molar-refractivity contribution in [3.63, 3.8) is 0 Å². The molecule has 8 nitrogen and oxygen atoms in total. The average Bonchev–Trinajstić information content (AvgIpc) is 3.35. The van der Waals surface area contributed by atoms with Crippen LogP contribution in [0.5, 0.6) is 5.88 Å². The van der Waals surface area contributed by atoms with Gasteiger partial charge in [-0.1, -0.05) is 0 Å². The SMILES string of the molecule is Cc1nccn1-c1ccc(N2C[C@H](COc3ccon3)OC2=O)cc1F. The molecule has 0 N–H and O–H groups in total. The molecule has 0 spiro atoms. The summed E-state index contributed by atoms with van der Waals surface area (Å²) in [6.45, 7) is 2.16. The molecule has 1 saturated heterocycles. The minimum atomic E-state index is -0.551. The highest BCUT2D eigenvalue weighted by molar-refractivity contribution is 5.89. The molecule has 9 heteroatoms. The predicted molar refractivity (Wildman–Crippen MR) is 87.9 cm³/mol. The van der Waals surface area contributed by atoms with E-state index in [9.17, 15) is 9.18 Å². The van der Waals surface area contributed by atoms with Crippen LogP contribution in [0.1, 0.15) is 5.82 Å². The third-order valence-corrected chi connectivity index (χ3v) is 4.03. The van der Waals surface area contributed by atoms with E-state index >= 15 is 0 Å². The normalized spacial score (nSPS) is 16.8. The van der Waals surface area contributed by atoms with Gasteiger partial charge < -0.3 is 18.6 Å². The number of hydrogen-bond donors (Lipinski definition) is 0. The molecule has 1 aliphatic rings. The van der Waals surface area contributed by atoms with Crippen molar-refractivity contribution in [1.82, 2.24) is 14.7 Å². The summed E-state index contributed by atoms with van der Waals surface area (Å²) in [5.74, 6) is 0.520. The first-order chi connectivity index (χ1) is 12.6. The van der Waals surface area contributed by atoms with Crippen molar-refractivity contribution in [2.24, 2.45) is 0 Å². The summed E-state index contributed by atoms with van der Waals surface area (Å²) in [4.78, 5) is 17.6. The van der Waals surface area contributed by atoms with Crippen LogP contribution in [0.4, 0.5) is 14.9 Å². The fourth-order valence-electron chi connectivity index (χ4n) is 2.77. The van der Waals surface area contributed by atoms with E-state index in [0.29, 0.717) is 23.1 Å². The summed E-state index contributed by atoms with van der Waals surface area (Å²) in [6.07, 6.45) is 3.62. The largest absolute Gasteiger partial charge is 0.471 e. The zero-order valence-electron chi connectivity index (χ0n) is 13.8. The Labute approximate surface area is 147 Å². The second-order valence-corrected chi connectivity index (χ2v) is 5.75. The van der Waals surface area contributed by atoms with E-state index in [1.54, 1.807) is 42.1 Å². The van der Waals surface area contributed by atoms with Crippen molar-refractivity contribution in [2.45, 2.75) is 13.0 Å². The van der Waals surface area contributed by atoms with Crippen molar-refractivity contribution < 1.29 is 23.2 Å². The molecule has 0 bridgehead atoms. The quantitative estimate of drug-likeness (QED) is 0.697. The summed E-state index contributed by atoms with van der Waals surface area (Å²) >= 11 is 0. The molecule has 1 aromatic carbocycles. The highest BCUT2D eigenvalue weighted by Gasteiger charge is 2.33. The van der Waals surface area contributed by atoms with Gasteiger partial charge in [0.1, 0.15) is 24.5 Å². The van der Waals surface area contributed by atoms with Crippen LogP contribution >= 0.6 is 0 Å². The van der Waals surface area contributed by atoms with E-state index in [4.69, 9.17) is 9.47 Å². The Kier molecular flexibility index (Phi) is 4.04. The van der Waals surface area contributed by atoms with Gasteiger partial charge in [0.2, 0.25) is 0 Å². The third kappa shape index (κ3) is 2.99. The predicted octanol–water partition coefficient (Wildman–Crippen LogP) is 2.71. The molecule has 2 aromatic heterocycles. The number of anilines is 1. The Morgan fingerprint density at radius 3 is 2.96 bits per heavy atom. The summed E-state index contributed by atoms with van der Waals surface area (Å²) < 4.78 is 31.5. The fourth-order valence-corrected chi connectivity index (χ4v) is 2.77. The van der Waals surface area contributed by atoms with Crippen molar-refractivity contribution in [2.75, 3.05) is 18.1 Å². The minimum Gasteiger partial charge on any atom is -0.471 e. The Morgan fingerprint density at radius 1 is 1.38 bits per heavy atom. The standard InChI is InChI=1S/C17H15FN4O4/c1-11-19-5-6-21(11)15-3-2-12(8-14(15)18)22-9-13(26-17(22)23)10-24-16-4-7-25-20-16/h2-8,13H,9-10H2,1H3/t13-/m1/s1. The molecular weight excluding hydrogens is 343 g/mol. The van der Waals surface area contributed by atoms with E-state index < -0.39 is 18.0 Å². The number of nitrogens with zero attached hydrogens (tertiary/aromatic N) is 4. The number of aryl methyl sites for hydroxylation is 1. The number of hydrogen-bond acceptors (Lipinski definition) is 6. The number of carbonyl (C=O) groups excluding carboxylic acids is 1. The first-order valence-electron chi connectivity index (χ1n) is 7.93. The van der Waals surface area contributed by atoms with Crippen LogP contribution in [0, 0.1) is 12.7 Å². The van der Waals surface area contributed by atoms with Gasteiger partial charge in [0.15, 0.2) is 6.10 Å². The van der Waals surface area contributed by atoms with Crippen LogP contribution in [0.2, 0.25) is 0 Å². The molecule has 0 unspecified atom stereocenters. The summed E-state index contributed by atoms with van der Waals surface area (Å²) in [5.41, 5.74) is 0.778. The monoisotopic (exact) mass is 358 g/mol. The molecule has 0 saturated carbocycles. The highest BCUT2D eigenvalue weighted by atomic mass is 19.1. The van der Waals surface area contributed by atoms with Crippen molar-refractivity contribution >= 4 is 11.8 Å². The van der Waals surface area contributed by atoms with E-state index in [-0.39, 0.29) is 13.2 Å². The lowest BCUT2D eigenvalue weighted by Crippen LogP contribution is -2.26. The van der Waals surface area contributed by atoms with Gasteiger partial charge in [0.05, 0.1) is 17.9 Å². The minimum absolute atomic E-state index is 0.129. The van der Waals surface area contributed by atoms with Crippen LogP contribution in [-0.2, 0) is 4.74 Å². The number of amides is 1. The molecule has 26 heavy (non-hydrogen) atoms. The van der Waals surface area contributed by atoms with Crippen LogP contribution in [-0.4, -0.2) is 40.1 Å². The third-order valence-electron chi connectivity index (χ3n) is 4.03. The molecular formula is C17H15FN4O4. The second kappa shape index (κ2) is 6.51. The first kappa shape index (κ1) is 16.1. The van der Waals surface area contributed by atoms with E-state index in [1.165, 1.54) is 17.2 Å². The maximum Gasteiger partial charge on any atom is 0.414 e. The maximum atomic E-state index is 14.5. The van der Waals surface area contributed by atoms with E-state index in [1.807, 2.05) is 0 Å². The molecule has 3 heterocycles. The maximum absolute atomic E-state index is 14.5. The number of halogens is 1. The van der Waals surface area contributed by atoms with Crippen molar-refractivity contribution in [3.05, 3.63) is 54.6 Å². The number of rotatable bonds is 5. The molecule has 0 aliphatic carbocycles. The lowest BCUT2D eigenvalue weighted by atomic mass is 10.2. The molecule has 4 rings (SSSR count). The van der Waals surface area contributed by atoms with Crippen molar-refractivity contribution in [1.29, 1.82) is 0 Å². The van der Waals surface area contributed by atoms with Gasteiger partial charge >= 0.3 is 6.09 Å². The highest BCUT2D eigenvalue weighted by Crippen LogP contribution is 2.26. The van der Waals surface area contributed by atoms with E-state index in [2.05, 4.69) is 14.7 Å². The number of ether oxygens (including phenoxy) is 2. The Morgan fingerprint density at radius 2 is 2.27 bits per heavy atom. The van der Waals surface area contributed by atoms with Gasteiger partial charge in [-0.15, -0.1) is 0 Å². The number of cyclic esters (lactones) is 1. The number of benzene rings is 1. The van der Waals surface area contributed by atoms with Gasteiger partial charge in [0.25, 0.3) is 5.88 Å². The van der Waals surface area contributed by atoms with Gasteiger partial charge in [0, 0.05) is 18.5 Å². The van der Waals surface area contributed by atoms with Gasteiger partial charge in [-0.3, -0.25) is 4.90 Å². The van der Waals surface area contributed by atoms with Gasteiger partial charge in [-0.25, -0.2) is 14.2 Å². The topological polar surface area (TPSA) is 82.6 Å². The average molecular weight is 358 g/mol. The molecule has 1 fully saturated rings. The lowest BCUT2D eigenvalue weighted by Gasteiger charge is -2.15. The molecule has 134 valence electrons. The van der Waals surface area contributed by atoms with Gasteiger partial charge in [-0.05, 0) is 30.3 Å². The van der Waals surface area contributed by atoms with E-state index in [0.717, 1.165) is 0 Å². The zero-order chi connectivity index (χ0) is 18.1. The molecule has 3 aromatic rings. The Hall–Kier alpha value is -3.36. The second-order valence-electron chi connectivity index (χ2n) is 5.75. The summed E-state index contributed by atoms with van der Waals surface area (Å²) in [6, 6.07) is 6.13. The van der Waals surface area contributed by atoms with Crippen LogP contribution < -0.4 is 9.64 Å². The summed E-state index contributed by atoms with van der Waals surface area (Å²) in [5, 5.41) is 3.62. The molecule has 1 amide bonds. The number of aromatic nitrogens is 3. The zero-order valence-corrected chi connectivity index (χ0v) is 13.8. The number of imidazole rings is 1. The molecule has 1 aliphatic heterocycles. The molecule has 1 atom stereocenters. The number of carbonyl (C=O) groups is 1. The van der Waals surface area contributed by atoms with Gasteiger partial charge in [-0.2, -0.15) is 0 Å². The smallest absolute Gasteiger partial charge is 0.414 e. The molecule has 0 radical (unpaired) electrons. The van der Waals surface area contributed by atoms with Crippen LogP contribution in [0.3, 0.4) is 0 Å². The van der Waals surface area contributed by atoms with Crippen LogP contribution in [0.15, 0.2) is 47.4 Å². The summed E-state index contributed by atoms with van der Waals surface area (Å²) in [7, 11) is 0. The Balaban J connectivity index is 1.48. The van der Waals surface area contributed by atoms with Crippen LogP contribution in [0.25, 0.3) is 5.69 Å². The van der Waals surface area contributed by atoms with Crippen molar-refractivity contribution in [3.8, 4) is 11.6 Å².